The molecule has 33 heavy (non-hydrogen) atoms. The van der Waals surface area contributed by atoms with E-state index in [2.05, 4.69) is 0 Å². The second-order valence-electron chi connectivity index (χ2n) is 9.26. The van der Waals surface area contributed by atoms with Crippen LogP contribution in [0, 0.1) is 11.2 Å². The number of hydrogen-bond acceptors (Lipinski definition) is 5. The van der Waals surface area contributed by atoms with Gasteiger partial charge in [0.25, 0.3) is 5.91 Å². The van der Waals surface area contributed by atoms with Gasteiger partial charge in [-0.2, -0.15) is 0 Å². The second-order valence-corrected chi connectivity index (χ2v) is 9.26. The number of benzene rings is 2. The van der Waals surface area contributed by atoms with E-state index < -0.39 is 29.6 Å². The predicted octanol–water partition coefficient (Wildman–Crippen LogP) is 3.85. The quantitative estimate of drug-likeness (QED) is 0.376. The molecule has 1 fully saturated rings. The first-order chi connectivity index (χ1) is 15.4. The lowest BCUT2D eigenvalue weighted by molar-refractivity contribution is -0.140. The van der Waals surface area contributed by atoms with Crippen LogP contribution in [0.2, 0.25) is 0 Å². The van der Waals surface area contributed by atoms with Gasteiger partial charge < -0.3 is 9.64 Å². The summed E-state index contributed by atoms with van der Waals surface area (Å²) >= 11 is 0. The molecule has 2 aromatic rings. The minimum absolute atomic E-state index is 0.0815. The number of rotatable bonds is 6. The molecule has 3 amide bonds. The molecule has 0 spiro atoms. The predicted molar refractivity (Wildman–Crippen MR) is 120 cm³/mol. The SMILES string of the molecule is CC(=O)Oc1ccc(N2C(=O)CC(N(Cc3ccc(F)cc3)C(=O)CC(C)(C)C)C2=O)cc1. The molecule has 3 rings (SSSR count). The summed E-state index contributed by atoms with van der Waals surface area (Å²) in [4.78, 5) is 52.8. The van der Waals surface area contributed by atoms with Gasteiger partial charge in [0.15, 0.2) is 0 Å². The third kappa shape index (κ3) is 6.03. The molecule has 0 radical (unpaired) electrons. The minimum Gasteiger partial charge on any atom is -0.427 e. The van der Waals surface area contributed by atoms with E-state index in [9.17, 15) is 23.6 Å². The Morgan fingerprint density at radius 3 is 2.21 bits per heavy atom. The van der Waals surface area contributed by atoms with Gasteiger partial charge in [-0.15, -0.1) is 0 Å². The summed E-state index contributed by atoms with van der Waals surface area (Å²) < 4.78 is 18.3. The first-order valence-corrected chi connectivity index (χ1v) is 10.6. The smallest absolute Gasteiger partial charge is 0.308 e. The van der Waals surface area contributed by atoms with Crippen LogP contribution < -0.4 is 9.64 Å². The monoisotopic (exact) mass is 454 g/mol. The van der Waals surface area contributed by atoms with Crippen LogP contribution in [-0.4, -0.2) is 34.6 Å². The lowest BCUT2D eigenvalue weighted by Gasteiger charge is -2.30. The van der Waals surface area contributed by atoms with Crippen LogP contribution in [0.3, 0.4) is 0 Å². The fourth-order valence-corrected chi connectivity index (χ4v) is 3.67. The number of hydrogen-bond donors (Lipinski definition) is 0. The van der Waals surface area contributed by atoms with E-state index >= 15 is 0 Å². The Morgan fingerprint density at radius 2 is 1.67 bits per heavy atom. The highest BCUT2D eigenvalue weighted by Crippen LogP contribution is 2.30. The van der Waals surface area contributed by atoms with Gasteiger partial charge in [-0.3, -0.25) is 19.2 Å². The van der Waals surface area contributed by atoms with Gasteiger partial charge in [-0.25, -0.2) is 9.29 Å². The van der Waals surface area contributed by atoms with Gasteiger partial charge >= 0.3 is 5.97 Å². The topological polar surface area (TPSA) is 84.0 Å². The zero-order valence-electron chi connectivity index (χ0n) is 19.1. The molecular weight excluding hydrogens is 427 g/mol. The van der Waals surface area contributed by atoms with Crippen molar-refractivity contribution in [2.75, 3.05) is 4.90 Å². The van der Waals surface area contributed by atoms with Crippen molar-refractivity contribution in [1.82, 2.24) is 4.90 Å². The van der Waals surface area contributed by atoms with Gasteiger partial charge in [0, 0.05) is 19.9 Å². The van der Waals surface area contributed by atoms with Crippen molar-refractivity contribution in [2.24, 2.45) is 5.41 Å². The van der Waals surface area contributed by atoms with Crippen LogP contribution in [-0.2, 0) is 25.7 Å². The number of esters is 1. The van der Waals surface area contributed by atoms with Crippen molar-refractivity contribution >= 4 is 29.4 Å². The molecule has 1 aliphatic rings. The zero-order chi connectivity index (χ0) is 24.3. The van der Waals surface area contributed by atoms with Gasteiger partial charge in [-0.05, 0) is 47.4 Å². The van der Waals surface area contributed by atoms with Crippen molar-refractivity contribution in [3.63, 3.8) is 0 Å². The summed E-state index contributed by atoms with van der Waals surface area (Å²) in [6.45, 7) is 7.10. The van der Waals surface area contributed by atoms with Crippen molar-refractivity contribution in [3.8, 4) is 5.75 Å². The minimum atomic E-state index is -0.967. The lowest BCUT2D eigenvalue weighted by atomic mass is 9.91. The van der Waals surface area contributed by atoms with E-state index in [1.54, 1.807) is 12.1 Å². The Labute approximate surface area is 192 Å². The highest BCUT2D eigenvalue weighted by molar-refractivity contribution is 6.23. The molecule has 1 unspecified atom stereocenters. The molecule has 0 N–H and O–H groups in total. The third-order valence-corrected chi connectivity index (χ3v) is 5.12. The molecule has 7 nitrogen and oxygen atoms in total. The van der Waals surface area contributed by atoms with Crippen LogP contribution in [0.4, 0.5) is 10.1 Å². The van der Waals surface area contributed by atoms with Crippen molar-refractivity contribution < 1.29 is 28.3 Å². The number of amides is 3. The Hall–Kier alpha value is -3.55. The Balaban J connectivity index is 1.87. The Morgan fingerprint density at radius 1 is 1.06 bits per heavy atom. The average Bonchev–Trinajstić information content (AvgIpc) is 3.00. The molecule has 0 bridgehead atoms. The molecule has 1 atom stereocenters. The first-order valence-electron chi connectivity index (χ1n) is 10.6. The van der Waals surface area contributed by atoms with Gasteiger partial charge in [0.2, 0.25) is 11.8 Å². The summed E-state index contributed by atoms with van der Waals surface area (Å²) in [6, 6.07) is 10.7. The number of carbonyl (C=O) groups is 4. The number of nitrogens with zero attached hydrogens (tertiary/aromatic N) is 2. The first kappa shape index (κ1) is 24.1. The summed E-state index contributed by atoms with van der Waals surface area (Å²) in [5.41, 5.74) is 0.659. The van der Waals surface area contributed by atoms with E-state index in [0.717, 1.165) is 4.90 Å². The van der Waals surface area contributed by atoms with Gasteiger partial charge in [0.05, 0.1) is 12.1 Å². The van der Waals surface area contributed by atoms with Crippen LogP contribution in [0.5, 0.6) is 5.75 Å². The molecule has 8 heteroatoms. The number of carbonyl (C=O) groups excluding carboxylic acids is 4. The summed E-state index contributed by atoms with van der Waals surface area (Å²) in [7, 11) is 0. The molecule has 1 saturated heterocycles. The number of anilines is 1. The van der Waals surface area contributed by atoms with Crippen molar-refractivity contribution in [3.05, 3.63) is 59.9 Å². The van der Waals surface area contributed by atoms with Crippen LogP contribution >= 0.6 is 0 Å². The summed E-state index contributed by atoms with van der Waals surface area (Å²) in [6.07, 6.45) is 0.0326. The van der Waals surface area contributed by atoms with Gasteiger partial charge in [-0.1, -0.05) is 32.9 Å². The maximum Gasteiger partial charge on any atom is 0.308 e. The normalized spacial score (nSPS) is 16.2. The number of ether oxygens (including phenoxy) is 1. The molecule has 1 aliphatic heterocycles. The molecule has 1 heterocycles. The van der Waals surface area contributed by atoms with Crippen LogP contribution in [0.1, 0.15) is 46.1 Å². The molecule has 2 aromatic carbocycles. The van der Waals surface area contributed by atoms with E-state index in [0.29, 0.717) is 17.0 Å². The summed E-state index contributed by atoms with van der Waals surface area (Å²) in [5, 5.41) is 0. The molecule has 0 aromatic heterocycles. The average molecular weight is 454 g/mol. The fraction of sp³-hybridized carbons (Fsp3) is 0.360. The molecular formula is C25H27FN2O5. The maximum absolute atomic E-state index is 13.3. The lowest BCUT2D eigenvalue weighted by Crippen LogP contribution is -2.46. The van der Waals surface area contributed by atoms with Crippen molar-refractivity contribution in [1.29, 1.82) is 0 Å². The van der Waals surface area contributed by atoms with Crippen LogP contribution in [0.25, 0.3) is 0 Å². The Kier molecular flexibility index (Phi) is 6.95. The zero-order valence-corrected chi connectivity index (χ0v) is 19.1. The van der Waals surface area contributed by atoms with Crippen LogP contribution in [0.15, 0.2) is 48.5 Å². The molecule has 0 saturated carbocycles. The molecule has 174 valence electrons. The maximum atomic E-state index is 13.3. The standard InChI is InChI=1S/C25H27FN2O5/c1-16(29)33-20-11-9-19(10-12-20)28-22(30)13-21(24(28)32)27(23(31)14-25(2,3)4)15-17-5-7-18(26)8-6-17/h5-12,21H,13-15H2,1-4H3. The summed E-state index contributed by atoms with van der Waals surface area (Å²) in [5.74, 6) is -1.79. The van der Waals surface area contributed by atoms with E-state index in [1.807, 2.05) is 20.8 Å². The van der Waals surface area contributed by atoms with E-state index in [4.69, 9.17) is 4.74 Å². The molecule has 0 aliphatic carbocycles. The van der Waals surface area contributed by atoms with E-state index in [1.165, 1.54) is 48.2 Å². The van der Waals surface area contributed by atoms with E-state index in [-0.39, 0.29) is 30.7 Å². The fourth-order valence-electron chi connectivity index (χ4n) is 3.67. The highest BCUT2D eigenvalue weighted by atomic mass is 19.1. The second kappa shape index (κ2) is 9.52. The number of halogens is 1. The number of imide groups is 1. The Bertz CT molecular complexity index is 1060. The van der Waals surface area contributed by atoms with Crippen molar-refractivity contribution in [2.45, 2.75) is 53.1 Å². The third-order valence-electron chi connectivity index (χ3n) is 5.12. The van der Waals surface area contributed by atoms with Gasteiger partial charge in [0.1, 0.15) is 17.6 Å². The largest absolute Gasteiger partial charge is 0.427 e. The highest BCUT2D eigenvalue weighted by Gasteiger charge is 2.44.